The van der Waals surface area contributed by atoms with E-state index in [1.165, 1.54) is 21.0 Å². The number of methoxy groups -OCH3 is 1. The molecule has 0 unspecified atom stereocenters. The third-order valence-electron chi connectivity index (χ3n) is 2.00. The van der Waals surface area contributed by atoms with Crippen molar-refractivity contribution >= 4 is 23.4 Å². The van der Waals surface area contributed by atoms with Crippen LogP contribution in [0.5, 0.6) is 5.88 Å². The van der Waals surface area contributed by atoms with Crippen molar-refractivity contribution in [1.29, 1.82) is 0 Å². The van der Waals surface area contributed by atoms with Gasteiger partial charge in [0.1, 0.15) is 11.1 Å². The summed E-state index contributed by atoms with van der Waals surface area (Å²) in [5.41, 5.74) is -0.431. The Balaban J connectivity index is 3.25. The van der Waals surface area contributed by atoms with Crippen molar-refractivity contribution in [1.82, 2.24) is 9.97 Å². The summed E-state index contributed by atoms with van der Waals surface area (Å²) in [5, 5.41) is 19.9. The molecule has 0 fully saturated rings. The van der Waals surface area contributed by atoms with E-state index in [9.17, 15) is 14.9 Å². The van der Waals surface area contributed by atoms with Crippen LogP contribution in [-0.4, -0.2) is 37.8 Å². The van der Waals surface area contributed by atoms with Gasteiger partial charge in [0.25, 0.3) is 5.88 Å². The molecule has 9 heteroatoms. The molecular weight excluding hydrogens is 262 g/mol. The zero-order chi connectivity index (χ0) is 13.9. The summed E-state index contributed by atoms with van der Waals surface area (Å²) < 4.78 is 3.52. The zero-order valence-corrected chi connectivity index (χ0v) is 10.7. The number of carboxylic acid groups (broad SMARTS) is 1. The Morgan fingerprint density at radius 3 is 2.61 bits per heavy atom. The maximum absolute atomic E-state index is 11.0. The minimum Gasteiger partial charge on any atom is -0.480 e. The summed E-state index contributed by atoms with van der Waals surface area (Å²) in [4.78, 5) is 28.6. The number of nitrogens with zero attached hydrogens (tertiary/aromatic N) is 3. The Labute approximate surface area is 107 Å². The minimum absolute atomic E-state index is 0.0424. The molecule has 0 aliphatic rings. The highest BCUT2D eigenvalue weighted by molar-refractivity contribution is 8.01. The molecule has 0 aliphatic carbocycles. The van der Waals surface area contributed by atoms with Gasteiger partial charge in [0, 0.05) is 0 Å². The van der Waals surface area contributed by atoms with Gasteiger partial charge in [-0.3, -0.25) is 14.9 Å². The van der Waals surface area contributed by atoms with E-state index in [1.54, 1.807) is 0 Å². The maximum atomic E-state index is 11.0. The lowest BCUT2D eigenvalue weighted by atomic mass is 10.2. The summed E-state index contributed by atoms with van der Waals surface area (Å²) in [6, 6.07) is 0. The van der Waals surface area contributed by atoms with Crippen LogP contribution < -0.4 is 4.74 Å². The summed E-state index contributed by atoms with van der Waals surface area (Å²) in [6.07, 6.45) is 1.09. The quantitative estimate of drug-likeness (QED) is 0.370. The van der Waals surface area contributed by atoms with Crippen molar-refractivity contribution in [2.75, 3.05) is 7.11 Å². The van der Waals surface area contributed by atoms with Crippen LogP contribution in [-0.2, 0) is 4.79 Å². The summed E-state index contributed by atoms with van der Waals surface area (Å²) >= 11 is 0.766. The lowest BCUT2D eigenvalue weighted by molar-refractivity contribution is -0.389. The van der Waals surface area contributed by atoms with Crippen molar-refractivity contribution in [2.24, 2.45) is 0 Å². The highest BCUT2D eigenvalue weighted by Gasteiger charge is 2.34. The predicted molar refractivity (Wildman–Crippen MR) is 62.8 cm³/mol. The first kappa shape index (κ1) is 14.2. The normalized spacial score (nSPS) is 11.1. The molecule has 1 aromatic heterocycles. The van der Waals surface area contributed by atoms with Crippen molar-refractivity contribution in [3.63, 3.8) is 0 Å². The predicted octanol–water partition coefficient (Wildman–Crippen LogP) is 1.35. The number of hydrogen-bond donors (Lipinski definition) is 1. The lowest BCUT2D eigenvalue weighted by Gasteiger charge is -2.17. The molecule has 18 heavy (non-hydrogen) atoms. The largest absolute Gasteiger partial charge is 0.480 e. The van der Waals surface area contributed by atoms with Crippen LogP contribution >= 0.6 is 11.8 Å². The Bertz CT molecular complexity index is 491. The van der Waals surface area contributed by atoms with Gasteiger partial charge >= 0.3 is 11.7 Å². The van der Waals surface area contributed by atoms with Crippen molar-refractivity contribution in [3.05, 3.63) is 16.4 Å². The molecule has 0 amide bonds. The smallest absolute Gasteiger partial charge is 0.362 e. The number of nitro groups is 1. The average molecular weight is 273 g/mol. The molecule has 0 atom stereocenters. The maximum Gasteiger partial charge on any atom is 0.362 e. The van der Waals surface area contributed by atoms with Gasteiger partial charge in [0.05, 0.1) is 12.0 Å². The molecule has 1 aromatic rings. The highest BCUT2D eigenvalue weighted by atomic mass is 32.2. The van der Waals surface area contributed by atoms with Crippen LogP contribution in [0.2, 0.25) is 0 Å². The van der Waals surface area contributed by atoms with Crippen LogP contribution in [0.3, 0.4) is 0 Å². The molecule has 0 radical (unpaired) electrons. The number of ether oxygens (including phenoxy) is 1. The van der Waals surface area contributed by atoms with E-state index in [2.05, 4.69) is 9.97 Å². The van der Waals surface area contributed by atoms with Crippen LogP contribution in [0.1, 0.15) is 13.8 Å². The number of carbonyl (C=O) groups is 1. The molecule has 0 aromatic carbocycles. The Morgan fingerprint density at radius 1 is 1.56 bits per heavy atom. The number of carboxylic acids is 1. The fourth-order valence-corrected chi connectivity index (χ4v) is 1.94. The molecule has 0 spiro atoms. The van der Waals surface area contributed by atoms with Gasteiger partial charge in [-0.2, -0.15) is 4.98 Å². The van der Waals surface area contributed by atoms with Gasteiger partial charge in [-0.1, -0.05) is 11.8 Å². The lowest BCUT2D eigenvalue weighted by Crippen LogP contribution is -2.27. The van der Waals surface area contributed by atoms with E-state index in [0.717, 1.165) is 18.1 Å². The first-order valence-electron chi connectivity index (χ1n) is 4.75. The second kappa shape index (κ2) is 5.17. The number of rotatable bonds is 5. The van der Waals surface area contributed by atoms with Crippen LogP contribution in [0.4, 0.5) is 5.69 Å². The average Bonchev–Trinajstić information content (AvgIpc) is 2.27. The van der Waals surface area contributed by atoms with E-state index in [-0.39, 0.29) is 10.9 Å². The summed E-state index contributed by atoms with van der Waals surface area (Å²) in [5.74, 6) is -1.29. The molecule has 1 N–H and O–H groups in total. The second-order valence-corrected chi connectivity index (χ2v) is 5.32. The van der Waals surface area contributed by atoms with Gasteiger partial charge < -0.3 is 9.84 Å². The first-order valence-corrected chi connectivity index (χ1v) is 5.57. The number of aliphatic carboxylic acids is 1. The standard InChI is InChI=1S/C9H11N3O5S/c1-9(2,8(13)14)18-7-5(12(15)16)6(17-3)10-4-11-7/h4H,1-3H3,(H,13,14). The number of hydrogen-bond acceptors (Lipinski definition) is 7. The van der Waals surface area contributed by atoms with Crippen molar-refractivity contribution in [2.45, 2.75) is 23.6 Å². The summed E-state index contributed by atoms with van der Waals surface area (Å²) in [7, 11) is 1.24. The molecule has 1 heterocycles. The molecule has 8 nitrogen and oxygen atoms in total. The van der Waals surface area contributed by atoms with Crippen LogP contribution in [0.15, 0.2) is 11.4 Å². The summed E-state index contributed by atoms with van der Waals surface area (Å²) in [6.45, 7) is 2.86. The first-order chi connectivity index (χ1) is 8.29. The van der Waals surface area contributed by atoms with E-state index in [4.69, 9.17) is 9.84 Å². The van der Waals surface area contributed by atoms with E-state index in [0.29, 0.717) is 0 Å². The fourth-order valence-electron chi connectivity index (χ4n) is 1.01. The minimum atomic E-state index is -1.25. The Morgan fingerprint density at radius 2 is 2.17 bits per heavy atom. The Kier molecular flexibility index (Phi) is 4.07. The number of thioether (sulfide) groups is 1. The third-order valence-corrected chi connectivity index (χ3v) is 3.17. The van der Waals surface area contributed by atoms with Gasteiger partial charge in [-0.05, 0) is 13.8 Å². The molecule has 0 saturated carbocycles. The van der Waals surface area contributed by atoms with E-state index >= 15 is 0 Å². The molecular formula is C9H11N3O5S. The van der Waals surface area contributed by atoms with Gasteiger partial charge in [-0.25, -0.2) is 4.98 Å². The monoisotopic (exact) mass is 273 g/mol. The van der Waals surface area contributed by atoms with Gasteiger partial charge in [0.2, 0.25) is 0 Å². The van der Waals surface area contributed by atoms with Crippen molar-refractivity contribution < 1.29 is 19.6 Å². The highest BCUT2D eigenvalue weighted by Crippen LogP contribution is 2.39. The van der Waals surface area contributed by atoms with Crippen LogP contribution in [0.25, 0.3) is 0 Å². The SMILES string of the molecule is COc1ncnc(SC(C)(C)C(=O)O)c1[N+](=O)[O-]. The molecule has 98 valence electrons. The van der Waals surface area contributed by atoms with E-state index in [1.807, 2.05) is 0 Å². The third kappa shape index (κ3) is 2.86. The van der Waals surface area contributed by atoms with Crippen LogP contribution in [0, 0.1) is 10.1 Å². The second-order valence-electron chi connectivity index (χ2n) is 3.71. The van der Waals surface area contributed by atoms with Gasteiger partial charge in [0.15, 0.2) is 5.03 Å². The zero-order valence-electron chi connectivity index (χ0n) is 9.91. The Hall–Kier alpha value is -1.90. The van der Waals surface area contributed by atoms with Crippen molar-refractivity contribution in [3.8, 4) is 5.88 Å². The topological polar surface area (TPSA) is 115 Å². The number of aromatic nitrogens is 2. The molecule has 0 saturated heterocycles. The molecule has 1 rings (SSSR count). The van der Waals surface area contributed by atoms with E-state index < -0.39 is 21.3 Å². The molecule has 0 bridgehead atoms. The fraction of sp³-hybridized carbons (Fsp3) is 0.444. The molecule has 0 aliphatic heterocycles. The van der Waals surface area contributed by atoms with Gasteiger partial charge in [-0.15, -0.1) is 0 Å².